The van der Waals surface area contributed by atoms with Gasteiger partial charge in [-0.15, -0.1) is 0 Å². The van der Waals surface area contributed by atoms with Gasteiger partial charge in [0, 0.05) is 43.1 Å². The summed E-state index contributed by atoms with van der Waals surface area (Å²) in [6, 6.07) is 7.42. The van der Waals surface area contributed by atoms with Crippen LogP contribution in [-0.4, -0.2) is 16.0 Å². The molecule has 1 aliphatic rings. The van der Waals surface area contributed by atoms with Crippen molar-refractivity contribution in [2.45, 2.75) is 0 Å². The lowest BCUT2D eigenvalue weighted by molar-refractivity contribution is 0.255. The molecule has 0 saturated heterocycles. The molecule has 2 N–H and O–H groups in total. The number of carbonyl (C=O) groups excluding carboxylic acids is 1. The van der Waals surface area contributed by atoms with Gasteiger partial charge in [-0.1, -0.05) is 18.2 Å². The van der Waals surface area contributed by atoms with Crippen molar-refractivity contribution in [3.63, 3.8) is 0 Å². The number of amides is 2. The van der Waals surface area contributed by atoms with Crippen molar-refractivity contribution in [1.82, 2.24) is 15.3 Å². The zero-order chi connectivity index (χ0) is 13.8. The van der Waals surface area contributed by atoms with Crippen molar-refractivity contribution in [3.8, 4) is 0 Å². The second kappa shape index (κ2) is 5.87. The van der Waals surface area contributed by atoms with E-state index >= 15 is 0 Å². The molecule has 2 heterocycles. The number of rotatable bonds is 2. The molecule has 0 atom stereocenters. The van der Waals surface area contributed by atoms with E-state index < -0.39 is 21.0 Å². The third-order valence-electron chi connectivity index (χ3n) is 2.54. The van der Waals surface area contributed by atoms with Gasteiger partial charge in [0.2, 0.25) is 0 Å². The third kappa shape index (κ3) is 2.87. The largest absolute Gasteiger partial charge is 0.324 e. The lowest BCUT2D eigenvalue weighted by atomic mass is 10.1. The van der Waals surface area contributed by atoms with E-state index in [1.807, 2.05) is 28.3 Å². The molecule has 100 valence electrons. The van der Waals surface area contributed by atoms with Gasteiger partial charge >= 0.3 is 6.03 Å². The zero-order valence-electron chi connectivity index (χ0n) is 10.2. The van der Waals surface area contributed by atoms with Crippen LogP contribution >= 0.6 is 21.0 Å². The molecule has 1 aromatic heterocycles. The average molecular weight is 379 g/mol. The highest BCUT2D eigenvalue weighted by molar-refractivity contribution is 14.2. The van der Waals surface area contributed by atoms with E-state index in [0.29, 0.717) is 5.82 Å². The monoisotopic (exact) mass is 379 g/mol. The Morgan fingerprint density at radius 1 is 1.15 bits per heavy atom. The maximum Gasteiger partial charge on any atom is 0.324 e. The lowest BCUT2D eigenvalue weighted by Crippen LogP contribution is -2.27. The molecular weight excluding hydrogens is 369 g/mol. The van der Waals surface area contributed by atoms with Crippen molar-refractivity contribution >= 4 is 44.3 Å². The smallest absolute Gasteiger partial charge is 0.307 e. The summed E-state index contributed by atoms with van der Waals surface area (Å²) in [6.07, 6.45) is 4.56. The number of aromatic nitrogens is 2. The zero-order valence-corrected chi connectivity index (χ0v) is 12.4. The molecule has 20 heavy (non-hydrogen) atoms. The molecule has 2 amide bonds. The first-order valence-electron chi connectivity index (χ1n) is 5.80. The van der Waals surface area contributed by atoms with Gasteiger partial charge in [-0.05, 0) is 6.07 Å². The summed E-state index contributed by atoms with van der Waals surface area (Å²) >= 11 is -0.414. The number of benzene rings is 1. The lowest BCUT2D eigenvalue weighted by Gasteiger charge is -2.14. The Kier molecular flexibility index (Phi) is 3.77. The predicted molar refractivity (Wildman–Crippen MR) is 84.7 cm³/mol. The molecule has 2 aromatic rings. The topological polar surface area (TPSA) is 79.3 Å². The SMILES string of the molecule is O=C(NC1=CI=Nc2ccccc21)Nc1cnccn1. The van der Waals surface area contributed by atoms with Crippen molar-refractivity contribution < 1.29 is 4.79 Å². The van der Waals surface area contributed by atoms with Crippen molar-refractivity contribution in [1.29, 1.82) is 0 Å². The van der Waals surface area contributed by atoms with Crippen LogP contribution in [0.2, 0.25) is 0 Å². The first-order valence-corrected chi connectivity index (χ1v) is 8.01. The molecule has 0 saturated carbocycles. The number of hydrogen-bond donors (Lipinski definition) is 2. The minimum absolute atomic E-state index is 0.336. The first-order chi connectivity index (χ1) is 9.83. The van der Waals surface area contributed by atoms with Crippen molar-refractivity contribution in [2.24, 2.45) is 3.15 Å². The fraction of sp³-hybridized carbons (Fsp3) is 0. The number of nitrogens with zero attached hydrogens (tertiary/aromatic N) is 3. The molecule has 0 spiro atoms. The standard InChI is InChI=1S/C13H10IN5O/c20-13(18-12-8-15-5-6-16-12)17-11-7-14-19-10-4-2-1-3-9(10)11/h1-8H,(H2,16,17,18,20). The fourth-order valence-electron chi connectivity index (χ4n) is 1.69. The van der Waals surface area contributed by atoms with Gasteiger partial charge in [0.1, 0.15) is 0 Å². The van der Waals surface area contributed by atoms with Gasteiger partial charge in [-0.25, -0.2) is 12.9 Å². The highest BCUT2D eigenvalue weighted by atomic mass is 127. The summed E-state index contributed by atoms with van der Waals surface area (Å²) < 4.78 is 6.46. The molecule has 6 nitrogen and oxygen atoms in total. The molecule has 7 heteroatoms. The van der Waals surface area contributed by atoms with Crippen LogP contribution in [0, 0.1) is 0 Å². The quantitative estimate of drug-likeness (QED) is 0.786. The molecule has 0 bridgehead atoms. The normalized spacial score (nSPS) is 12.7. The molecule has 0 aliphatic carbocycles. The highest BCUT2D eigenvalue weighted by Gasteiger charge is 2.13. The number of carbonyl (C=O) groups is 1. The number of hydrogen-bond acceptors (Lipinski definition) is 4. The van der Waals surface area contributed by atoms with E-state index in [0.717, 1.165) is 16.9 Å². The average Bonchev–Trinajstić information content (AvgIpc) is 2.48. The number of fused-ring (bicyclic) bond motifs is 1. The van der Waals surface area contributed by atoms with E-state index in [4.69, 9.17) is 0 Å². The van der Waals surface area contributed by atoms with Crippen LogP contribution in [0.5, 0.6) is 0 Å². The molecule has 1 aliphatic heterocycles. The Balaban J connectivity index is 1.74. The van der Waals surface area contributed by atoms with Crippen LogP contribution in [-0.2, 0) is 0 Å². The molecule has 3 rings (SSSR count). The van der Waals surface area contributed by atoms with E-state index in [9.17, 15) is 4.79 Å². The van der Waals surface area contributed by atoms with Crippen LogP contribution in [0.4, 0.5) is 16.3 Å². The minimum Gasteiger partial charge on any atom is -0.307 e. The Labute approximate surface area is 125 Å². The van der Waals surface area contributed by atoms with Gasteiger partial charge in [-0.2, -0.15) is 0 Å². The maximum atomic E-state index is 11.9. The highest BCUT2D eigenvalue weighted by Crippen LogP contribution is 2.34. The Bertz CT molecular complexity index is 699. The molecular formula is C13H10IN5O. The van der Waals surface area contributed by atoms with Gasteiger partial charge in [-0.3, -0.25) is 10.3 Å². The molecule has 0 fully saturated rings. The van der Waals surface area contributed by atoms with Crippen LogP contribution in [0.3, 0.4) is 0 Å². The van der Waals surface area contributed by atoms with E-state index in [1.165, 1.54) is 12.4 Å². The van der Waals surface area contributed by atoms with Gasteiger partial charge in [0.25, 0.3) is 0 Å². The molecule has 0 unspecified atom stereocenters. The predicted octanol–water partition coefficient (Wildman–Crippen LogP) is 3.40. The van der Waals surface area contributed by atoms with Crippen LogP contribution in [0.1, 0.15) is 5.56 Å². The summed E-state index contributed by atoms with van der Waals surface area (Å²) in [5.41, 5.74) is 2.66. The summed E-state index contributed by atoms with van der Waals surface area (Å²) in [6.45, 7) is 0. The van der Waals surface area contributed by atoms with Gasteiger partial charge < -0.3 is 5.32 Å². The molecule has 0 radical (unpaired) electrons. The second-order valence-corrected chi connectivity index (χ2v) is 5.55. The number of urea groups is 1. The number of nitrogens with one attached hydrogen (secondary N) is 2. The summed E-state index contributed by atoms with van der Waals surface area (Å²) in [5.74, 6) is 0.411. The summed E-state index contributed by atoms with van der Waals surface area (Å²) in [7, 11) is 0. The van der Waals surface area contributed by atoms with Crippen molar-refractivity contribution in [3.05, 3.63) is 52.5 Å². The Morgan fingerprint density at radius 2 is 2.05 bits per heavy atom. The minimum atomic E-state index is -0.414. The van der Waals surface area contributed by atoms with Gasteiger partial charge in [0.05, 0.1) is 17.6 Å². The van der Waals surface area contributed by atoms with Gasteiger partial charge in [0.15, 0.2) is 5.82 Å². The van der Waals surface area contributed by atoms with Crippen LogP contribution in [0.25, 0.3) is 5.70 Å². The van der Waals surface area contributed by atoms with E-state index in [-0.39, 0.29) is 6.03 Å². The first kappa shape index (κ1) is 12.9. The Hall–Kier alpha value is -2.16. The second-order valence-electron chi connectivity index (χ2n) is 3.89. The van der Waals surface area contributed by atoms with Crippen LogP contribution < -0.4 is 10.6 Å². The fourth-order valence-corrected chi connectivity index (χ4v) is 3.32. The summed E-state index contributed by atoms with van der Waals surface area (Å²) in [4.78, 5) is 19.8. The molecule has 1 aromatic carbocycles. The van der Waals surface area contributed by atoms with E-state index in [2.05, 4.69) is 23.7 Å². The number of halogens is 1. The number of anilines is 1. The Morgan fingerprint density at radius 3 is 2.90 bits per heavy atom. The maximum absolute atomic E-state index is 11.9. The van der Waals surface area contributed by atoms with Crippen LogP contribution in [0.15, 0.2) is 50.1 Å². The van der Waals surface area contributed by atoms with E-state index in [1.54, 1.807) is 6.20 Å². The summed E-state index contributed by atoms with van der Waals surface area (Å²) in [5, 5.41) is 5.47. The van der Waals surface area contributed by atoms with Crippen molar-refractivity contribution in [2.75, 3.05) is 5.32 Å². The third-order valence-corrected chi connectivity index (χ3v) is 4.24.